The molecule has 0 fully saturated rings. The average Bonchev–Trinajstić information content (AvgIpc) is 1.69. The van der Waals surface area contributed by atoms with Gasteiger partial charge in [0.1, 0.15) is 0 Å². The molecule has 2 heteroatoms. The molecular formula is C6H15NO. The van der Waals surface area contributed by atoms with Crippen molar-refractivity contribution >= 4 is 0 Å². The molecule has 2 nitrogen and oxygen atoms in total. The van der Waals surface area contributed by atoms with Gasteiger partial charge < -0.3 is 10.8 Å². The maximum absolute atomic E-state index is 8.93. The van der Waals surface area contributed by atoms with E-state index in [1.54, 1.807) is 6.92 Å². The lowest BCUT2D eigenvalue weighted by Crippen LogP contribution is -2.24. The van der Waals surface area contributed by atoms with Gasteiger partial charge in [-0.1, -0.05) is 6.92 Å². The Bertz CT molecular complexity index is 50.5. The lowest BCUT2D eigenvalue weighted by molar-refractivity contribution is 0.127. The van der Waals surface area contributed by atoms with Crippen molar-refractivity contribution in [1.82, 2.24) is 0 Å². The number of nitrogens with two attached hydrogens (primary N) is 1. The molecule has 2 unspecified atom stereocenters. The van der Waals surface area contributed by atoms with E-state index < -0.39 is 0 Å². The first-order valence-corrected chi connectivity index (χ1v) is 3.10. The smallest absolute Gasteiger partial charge is 0.0552 e. The Hall–Kier alpha value is -0.0800. The van der Waals surface area contributed by atoms with Gasteiger partial charge in [0.25, 0.3) is 0 Å². The van der Waals surface area contributed by atoms with E-state index >= 15 is 0 Å². The van der Waals surface area contributed by atoms with Crippen LogP contribution in [0.1, 0.15) is 20.3 Å². The molecule has 50 valence electrons. The highest BCUT2D eigenvalue weighted by Gasteiger charge is 2.08. The molecule has 0 aliphatic rings. The van der Waals surface area contributed by atoms with E-state index in [-0.39, 0.29) is 12.0 Å². The third-order valence-corrected chi connectivity index (χ3v) is 1.51. The van der Waals surface area contributed by atoms with Crippen LogP contribution in [0.4, 0.5) is 0 Å². The highest BCUT2D eigenvalue weighted by Crippen LogP contribution is 2.04. The van der Waals surface area contributed by atoms with Crippen LogP contribution in [0.25, 0.3) is 0 Å². The van der Waals surface area contributed by atoms with Crippen molar-refractivity contribution in [1.29, 1.82) is 0 Å². The molecule has 0 bridgehead atoms. The van der Waals surface area contributed by atoms with Crippen molar-refractivity contribution in [3.63, 3.8) is 0 Å². The van der Waals surface area contributed by atoms with E-state index in [2.05, 4.69) is 0 Å². The maximum Gasteiger partial charge on any atom is 0.0552 e. The molecule has 0 heterocycles. The van der Waals surface area contributed by atoms with Crippen LogP contribution in [0.15, 0.2) is 0 Å². The molecule has 8 heavy (non-hydrogen) atoms. The van der Waals surface area contributed by atoms with E-state index in [4.69, 9.17) is 10.8 Å². The van der Waals surface area contributed by atoms with Crippen molar-refractivity contribution in [3.8, 4) is 0 Å². The lowest BCUT2D eigenvalue weighted by Gasteiger charge is -2.14. The van der Waals surface area contributed by atoms with Crippen molar-refractivity contribution in [2.45, 2.75) is 26.4 Å². The standard InChI is InChI=1S/C6H15NO/c1-3-6(4-7)5(2)8/h5-6,8H,3-4,7H2,1-2H3. The Morgan fingerprint density at radius 2 is 2.12 bits per heavy atom. The fraction of sp³-hybridized carbons (Fsp3) is 1.00. The Balaban J connectivity index is 3.35. The SMILES string of the molecule is CCC(CN)C(C)O. The van der Waals surface area contributed by atoms with Gasteiger partial charge in [-0.2, -0.15) is 0 Å². The van der Waals surface area contributed by atoms with Crippen LogP contribution in [-0.4, -0.2) is 17.8 Å². The largest absolute Gasteiger partial charge is 0.393 e. The molecule has 0 radical (unpaired) electrons. The van der Waals surface area contributed by atoms with Crippen LogP contribution in [0.2, 0.25) is 0 Å². The maximum atomic E-state index is 8.93. The minimum atomic E-state index is -0.245. The molecule has 0 aromatic rings. The number of rotatable bonds is 3. The number of aliphatic hydroxyl groups excluding tert-OH is 1. The summed E-state index contributed by atoms with van der Waals surface area (Å²) in [6.07, 6.45) is 0.721. The molecule has 0 spiro atoms. The highest BCUT2D eigenvalue weighted by atomic mass is 16.3. The molecule has 2 atom stereocenters. The van der Waals surface area contributed by atoms with Gasteiger partial charge in [-0.25, -0.2) is 0 Å². The summed E-state index contributed by atoms with van der Waals surface area (Å²) in [6, 6.07) is 0. The second-order valence-corrected chi connectivity index (χ2v) is 2.14. The van der Waals surface area contributed by atoms with E-state index in [1.165, 1.54) is 0 Å². The summed E-state index contributed by atoms with van der Waals surface area (Å²) in [5.41, 5.74) is 5.32. The molecule has 0 aliphatic carbocycles. The van der Waals surface area contributed by atoms with E-state index in [0.29, 0.717) is 6.54 Å². The molecule has 0 saturated heterocycles. The van der Waals surface area contributed by atoms with Crippen LogP contribution in [0.5, 0.6) is 0 Å². The van der Waals surface area contributed by atoms with Gasteiger partial charge in [0.2, 0.25) is 0 Å². The van der Waals surface area contributed by atoms with Gasteiger partial charge in [-0.3, -0.25) is 0 Å². The fourth-order valence-electron chi connectivity index (χ4n) is 0.705. The number of aliphatic hydroxyl groups is 1. The Labute approximate surface area is 50.7 Å². The second-order valence-electron chi connectivity index (χ2n) is 2.14. The third kappa shape index (κ3) is 2.28. The Morgan fingerprint density at radius 1 is 1.62 bits per heavy atom. The third-order valence-electron chi connectivity index (χ3n) is 1.51. The highest BCUT2D eigenvalue weighted by molar-refractivity contribution is 4.62. The van der Waals surface area contributed by atoms with Crippen LogP contribution < -0.4 is 5.73 Å². The minimum absolute atomic E-state index is 0.245. The van der Waals surface area contributed by atoms with Gasteiger partial charge in [0.05, 0.1) is 6.10 Å². The summed E-state index contributed by atoms with van der Waals surface area (Å²) in [5, 5.41) is 8.93. The first kappa shape index (κ1) is 7.92. The van der Waals surface area contributed by atoms with E-state index in [9.17, 15) is 0 Å². The lowest BCUT2D eigenvalue weighted by atomic mass is 10.0. The summed E-state index contributed by atoms with van der Waals surface area (Å²) < 4.78 is 0. The predicted molar refractivity (Wildman–Crippen MR) is 34.5 cm³/mol. The zero-order valence-electron chi connectivity index (χ0n) is 5.59. The molecule has 3 N–H and O–H groups in total. The van der Waals surface area contributed by atoms with Gasteiger partial charge in [0, 0.05) is 0 Å². The van der Waals surface area contributed by atoms with Crippen LogP contribution in [0.3, 0.4) is 0 Å². The first-order valence-electron chi connectivity index (χ1n) is 3.10. The van der Waals surface area contributed by atoms with Crippen LogP contribution >= 0.6 is 0 Å². The summed E-state index contributed by atoms with van der Waals surface area (Å²) >= 11 is 0. The van der Waals surface area contributed by atoms with Gasteiger partial charge in [-0.05, 0) is 25.8 Å². The van der Waals surface area contributed by atoms with Crippen molar-refractivity contribution in [2.24, 2.45) is 11.7 Å². The van der Waals surface area contributed by atoms with Crippen molar-refractivity contribution < 1.29 is 5.11 Å². The monoisotopic (exact) mass is 117 g/mol. The number of hydrogen-bond donors (Lipinski definition) is 2. The van der Waals surface area contributed by atoms with Gasteiger partial charge in [0.15, 0.2) is 0 Å². The van der Waals surface area contributed by atoms with Gasteiger partial charge >= 0.3 is 0 Å². The van der Waals surface area contributed by atoms with E-state index in [1.807, 2.05) is 6.92 Å². The normalized spacial score (nSPS) is 18.0. The number of hydrogen-bond acceptors (Lipinski definition) is 2. The minimum Gasteiger partial charge on any atom is -0.393 e. The molecule has 0 aromatic carbocycles. The summed E-state index contributed by atoms with van der Waals surface area (Å²) in [4.78, 5) is 0. The zero-order chi connectivity index (χ0) is 6.57. The van der Waals surface area contributed by atoms with Crippen molar-refractivity contribution in [3.05, 3.63) is 0 Å². The Kier molecular flexibility index (Phi) is 3.83. The predicted octanol–water partition coefficient (Wildman–Crippen LogP) is 0.352. The topological polar surface area (TPSA) is 46.2 Å². The molecule has 0 saturated carbocycles. The van der Waals surface area contributed by atoms with Gasteiger partial charge in [-0.15, -0.1) is 0 Å². The molecule has 0 aliphatic heterocycles. The summed E-state index contributed by atoms with van der Waals surface area (Å²) in [7, 11) is 0. The molecule has 0 rings (SSSR count). The summed E-state index contributed by atoms with van der Waals surface area (Å²) in [6.45, 7) is 4.40. The zero-order valence-corrected chi connectivity index (χ0v) is 5.59. The molecular weight excluding hydrogens is 102 g/mol. The molecule has 0 aromatic heterocycles. The molecule has 0 amide bonds. The van der Waals surface area contributed by atoms with Crippen molar-refractivity contribution in [2.75, 3.05) is 6.54 Å². The first-order chi connectivity index (χ1) is 3.72. The average molecular weight is 117 g/mol. The van der Waals surface area contributed by atoms with Crippen LogP contribution in [0, 0.1) is 5.92 Å². The summed E-state index contributed by atoms with van der Waals surface area (Å²) in [5.74, 6) is 0.287. The van der Waals surface area contributed by atoms with E-state index in [0.717, 1.165) is 6.42 Å². The van der Waals surface area contributed by atoms with Crippen LogP contribution in [-0.2, 0) is 0 Å². The quantitative estimate of drug-likeness (QED) is 0.560. The second kappa shape index (κ2) is 3.87. The fourth-order valence-corrected chi connectivity index (χ4v) is 0.705. The Morgan fingerprint density at radius 3 is 2.12 bits per heavy atom.